The zero-order chi connectivity index (χ0) is 28.3. The number of aliphatic hydroxyl groups is 2. The topological polar surface area (TPSA) is 151 Å². The summed E-state index contributed by atoms with van der Waals surface area (Å²) in [5.74, 6) is -0.544. The maximum Gasteiger partial charge on any atom is 0.256 e. The van der Waals surface area contributed by atoms with Crippen molar-refractivity contribution >= 4 is 39.6 Å². The molecule has 11 heteroatoms. The number of aliphatic hydroxyl groups excluding tert-OH is 2. The average Bonchev–Trinajstić information content (AvgIpc) is 3.56. The molecule has 3 heterocycles. The molecule has 0 radical (unpaired) electrons. The summed E-state index contributed by atoms with van der Waals surface area (Å²) < 4.78 is 7.36. The van der Waals surface area contributed by atoms with Crippen LogP contribution in [-0.4, -0.2) is 59.9 Å². The Hall–Kier alpha value is -4.97. The van der Waals surface area contributed by atoms with Crippen molar-refractivity contribution < 1.29 is 24.5 Å². The monoisotopic (exact) mass is 550 g/mol. The van der Waals surface area contributed by atoms with Gasteiger partial charge in [-0.15, -0.1) is 0 Å². The summed E-state index contributed by atoms with van der Waals surface area (Å²) in [5.41, 5.74) is 2.00. The highest BCUT2D eigenvalue weighted by Crippen LogP contribution is 2.33. The highest BCUT2D eigenvalue weighted by molar-refractivity contribution is 6.06. The van der Waals surface area contributed by atoms with Gasteiger partial charge in [0.1, 0.15) is 24.6 Å². The Morgan fingerprint density at radius 1 is 0.927 bits per heavy atom. The number of benzene rings is 3. The van der Waals surface area contributed by atoms with Gasteiger partial charge in [0.2, 0.25) is 5.91 Å². The summed E-state index contributed by atoms with van der Waals surface area (Å²) in [7, 11) is 0. The van der Waals surface area contributed by atoms with E-state index in [4.69, 9.17) is 4.74 Å². The van der Waals surface area contributed by atoms with Gasteiger partial charge in [0.05, 0.1) is 6.33 Å². The van der Waals surface area contributed by atoms with Crippen molar-refractivity contribution in [2.24, 2.45) is 0 Å². The Kier molecular flexibility index (Phi) is 7.21. The number of imidazole rings is 1. The van der Waals surface area contributed by atoms with Gasteiger partial charge in [0.25, 0.3) is 5.91 Å². The van der Waals surface area contributed by atoms with Crippen LogP contribution in [0.2, 0.25) is 0 Å². The fourth-order valence-electron chi connectivity index (χ4n) is 4.84. The molecule has 0 saturated carbocycles. The lowest BCUT2D eigenvalue weighted by Crippen LogP contribution is -2.31. The van der Waals surface area contributed by atoms with E-state index >= 15 is 0 Å². The molecule has 1 aliphatic rings. The molecular formula is C30H26N6O5. The van der Waals surface area contributed by atoms with Crippen LogP contribution in [0.15, 0.2) is 97.6 Å². The Labute approximate surface area is 234 Å². The minimum absolute atomic E-state index is 0.190. The molecule has 0 bridgehead atoms. The number of hydrogen-bond acceptors (Lipinski definition) is 8. The molecule has 0 unspecified atom stereocenters. The summed E-state index contributed by atoms with van der Waals surface area (Å²) in [6, 6.07) is 22.5. The lowest BCUT2D eigenvalue weighted by atomic mass is 10.0. The zero-order valence-corrected chi connectivity index (χ0v) is 21.7. The lowest BCUT2D eigenvalue weighted by Gasteiger charge is -2.16. The molecule has 206 valence electrons. The fourth-order valence-corrected chi connectivity index (χ4v) is 4.84. The number of anilines is 1. The molecule has 1 aliphatic heterocycles. The third kappa shape index (κ3) is 5.29. The van der Waals surface area contributed by atoms with E-state index in [0.29, 0.717) is 12.1 Å². The number of nitrogens with one attached hydrogen (secondary N) is 2. The quantitative estimate of drug-likeness (QED) is 0.226. The third-order valence-corrected chi connectivity index (χ3v) is 6.95. The van der Waals surface area contributed by atoms with Crippen LogP contribution in [-0.2, 0) is 16.1 Å². The van der Waals surface area contributed by atoms with Crippen molar-refractivity contribution in [3.63, 3.8) is 0 Å². The second kappa shape index (κ2) is 11.3. The summed E-state index contributed by atoms with van der Waals surface area (Å²) in [6.45, 7) is 0.327. The maximum absolute atomic E-state index is 12.6. The maximum atomic E-state index is 12.6. The minimum Gasteiger partial charge on any atom is -0.387 e. The number of carbonyl (C=O) groups is 2. The molecule has 2 amide bonds. The van der Waals surface area contributed by atoms with Crippen molar-refractivity contribution in [2.45, 2.75) is 31.1 Å². The van der Waals surface area contributed by atoms with E-state index in [1.165, 1.54) is 29.4 Å². The van der Waals surface area contributed by atoms with Gasteiger partial charge in [0.15, 0.2) is 23.2 Å². The van der Waals surface area contributed by atoms with Gasteiger partial charge in [-0.1, -0.05) is 60.7 Å². The Balaban J connectivity index is 1.14. The van der Waals surface area contributed by atoms with Crippen LogP contribution in [0.3, 0.4) is 0 Å². The number of nitrogens with zero attached hydrogens (tertiary/aromatic N) is 4. The van der Waals surface area contributed by atoms with Gasteiger partial charge in [-0.05, 0) is 34.5 Å². The van der Waals surface area contributed by atoms with E-state index in [-0.39, 0.29) is 28.8 Å². The first kappa shape index (κ1) is 26.3. The van der Waals surface area contributed by atoms with Crippen LogP contribution in [0.25, 0.3) is 21.9 Å². The number of carbonyl (C=O) groups excluding carboxylic acids is 2. The Morgan fingerprint density at radius 3 is 2.56 bits per heavy atom. The predicted molar refractivity (Wildman–Crippen MR) is 151 cm³/mol. The minimum atomic E-state index is -1.34. The largest absolute Gasteiger partial charge is 0.387 e. The van der Waals surface area contributed by atoms with Crippen LogP contribution in [0.4, 0.5) is 5.82 Å². The van der Waals surface area contributed by atoms with E-state index in [1.54, 1.807) is 24.3 Å². The molecule has 5 aromatic rings. The highest BCUT2D eigenvalue weighted by Gasteiger charge is 2.43. The average molecular weight is 551 g/mol. The van der Waals surface area contributed by atoms with Crippen LogP contribution in [0.1, 0.15) is 22.1 Å². The molecule has 6 rings (SSSR count). The van der Waals surface area contributed by atoms with Gasteiger partial charge < -0.3 is 25.6 Å². The number of fused-ring (bicyclic) bond motifs is 2. The van der Waals surface area contributed by atoms with E-state index in [2.05, 4.69) is 25.6 Å². The van der Waals surface area contributed by atoms with E-state index < -0.39 is 24.5 Å². The van der Waals surface area contributed by atoms with Crippen molar-refractivity contribution in [3.05, 3.63) is 109 Å². The van der Waals surface area contributed by atoms with Crippen LogP contribution in [0.5, 0.6) is 0 Å². The molecule has 2 aromatic heterocycles. The zero-order valence-electron chi connectivity index (χ0n) is 21.7. The number of ether oxygens (including phenoxy) is 1. The van der Waals surface area contributed by atoms with Gasteiger partial charge in [-0.25, -0.2) is 15.0 Å². The van der Waals surface area contributed by atoms with Gasteiger partial charge >= 0.3 is 0 Å². The molecule has 1 fully saturated rings. The van der Waals surface area contributed by atoms with Crippen LogP contribution >= 0.6 is 0 Å². The fraction of sp³-hybridized carbons (Fsp3) is 0.167. The number of hydrogen-bond donors (Lipinski definition) is 4. The Bertz CT molecular complexity index is 1750. The van der Waals surface area contributed by atoms with E-state index in [1.807, 2.05) is 48.5 Å². The molecule has 41 heavy (non-hydrogen) atoms. The normalized spacial score (nSPS) is 20.5. The van der Waals surface area contributed by atoms with Crippen molar-refractivity contribution in [2.75, 3.05) is 5.32 Å². The van der Waals surface area contributed by atoms with Gasteiger partial charge in [0, 0.05) is 18.2 Å². The standard InChI is InChI=1S/C30H26N6O5/c37-23(31-15-20-11-6-10-18-7-4-5-12-21(18)20)14-13-22-25(38)26(39)30(41-22)36-17-34-24-27(32-16-33-28(24)36)35-29(40)19-8-2-1-3-9-19/h1-14,16-17,22,25-26,30,38-39H,15H2,(H,31,37)(H,32,33,35,40)/b14-13+/t22-,25-,26-,30-/m1/s1. The third-order valence-electron chi connectivity index (χ3n) is 6.95. The van der Waals surface area contributed by atoms with Crippen molar-refractivity contribution in [3.8, 4) is 0 Å². The highest BCUT2D eigenvalue weighted by atomic mass is 16.6. The molecular weight excluding hydrogens is 524 g/mol. The van der Waals surface area contributed by atoms with Gasteiger partial charge in [-0.3, -0.25) is 14.2 Å². The van der Waals surface area contributed by atoms with Crippen LogP contribution in [0, 0.1) is 0 Å². The molecule has 0 aliphatic carbocycles. The first-order valence-corrected chi connectivity index (χ1v) is 13.0. The number of rotatable bonds is 7. The summed E-state index contributed by atoms with van der Waals surface area (Å²) >= 11 is 0. The summed E-state index contributed by atoms with van der Waals surface area (Å²) in [6.07, 6.45) is 0.686. The molecule has 1 saturated heterocycles. The molecule has 4 atom stereocenters. The molecule has 3 aromatic carbocycles. The smallest absolute Gasteiger partial charge is 0.256 e. The SMILES string of the molecule is O=C(/C=C/[C@H]1O[C@@H](n2cnc3c(NC(=O)c4ccccc4)ncnc32)[C@H](O)[C@@H]1O)NCc1cccc2ccccc12. The van der Waals surface area contributed by atoms with E-state index in [9.17, 15) is 19.8 Å². The van der Waals surface area contributed by atoms with E-state index in [0.717, 1.165) is 16.3 Å². The van der Waals surface area contributed by atoms with Crippen molar-refractivity contribution in [1.29, 1.82) is 0 Å². The van der Waals surface area contributed by atoms with Gasteiger partial charge in [-0.2, -0.15) is 0 Å². The van der Waals surface area contributed by atoms with Crippen LogP contribution < -0.4 is 10.6 Å². The Morgan fingerprint density at radius 2 is 1.71 bits per heavy atom. The number of aromatic nitrogens is 4. The molecule has 4 N–H and O–H groups in total. The second-order valence-corrected chi connectivity index (χ2v) is 9.55. The molecule has 0 spiro atoms. The predicted octanol–water partition coefficient (Wildman–Crippen LogP) is 2.72. The first-order valence-electron chi connectivity index (χ1n) is 13.0. The molecule has 11 nitrogen and oxygen atoms in total. The summed E-state index contributed by atoms with van der Waals surface area (Å²) in [5, 5.41) is 29.1. The van der Waals surface area contributed by atoms with Crippen molar-refractivity contribution in [1.82, 2.24) is 24.8 Å². The summed E-state index contributed by atoms with van der Waals surface area (Å²) in [4.78, 5) is 37.9. The second-order valence-electron chi connectivity index (χ2n) is 9.55. The lowest BCUT2D eigenvalue weighted by molar-refractivity contribution is -0.116. The first-order chi connectivity index (χ1) is 20.0. The number of amides is 2.